The molecule has 5 aromatic carbocycles. The van der Waals surface area contributed by atoms with Gasteiger partial charge in [0.25, 0.3) is 0 Å². The Morgan fingerprint density at radius 2 is 0.825 bits per heavy atom. The Kier molecular flexibility index (Phi) is 8.44. The highest BCUT2D eigenvalue weighted by Crippen LogP contribution is 2.46. The summed E-state index contributed by atoms with van der Waals surface area (Å²) in [5.74, 6) is -0.156. The number of ketones is 1. The van der Waals surface area contributed by atoms with Crippen molar-refractivity contribution in [2.45, 2.75) is 13.8 Å². The van der Waals surface area contributed by atoms with Crippen molar-refractivity contribution in [3.05, 3.63) is 163 Å². The van der Waals surface area contributed by atoms with E-state index in [0.717, 1.165) is 16.6 Å². The Labute approximate surface area is 236 Å². The summed E-state index contributed by atoms with van der Waals surface area (Å²) in [4.78, 5) is 13.6. The van der Waals surface area contributed by atoms with E-state index in [0.29, 0.717) is 11.3 Å². The van der Waals surface area contributed by atoms with Gasteiger partial charge in [-0.1, -0.05) is 152 Å². The Morgan fingerprint density at radius 1 is 0.475 bits per heavy atom. The minimum Gasteiger partial charge on any atom is -0.287 e. The van der Waals surface area contributed by atoms with E-state index in [1.807, 2.05) is 67.6 Å². The van der Waals surface area contributed by atoms with E-state index < -0.39 is 6.89 Å². The third-order valence-electron chi connectivity index (χ3n) is 7.06. The lowest BCUT2D eigenvalue weighted by Crippen LogP contribution is -2.31. The van der Waals surface area contributed by atoms with Gasteiger partial charge >= 0.3 is 0 Å². The van der Waals surface area contributed by atoms with E-state index in [9.17, 15) is 4.79 Å². The third-order valence-corrected chi connectivity index (χ3v) is 11.6. The molecule has 0 fully saturated rings. The molecule has 0 aliphatic heterocycles. The van der Waals surface area contributed by atoms with E-state index in [4.69, 9.17) is 5.10 Å². The first-order chi connectivity index (χ1) is 19.6. The lowest BCUT2D eigenvalue weighted by molar-refractivity contribution is 0.106. The van der Waals surface area contributed by atoms with Crippen LogP contribution in [-0.2, 0) is 0 Å². The number of hydrogen-bond acceptors (Lipinski definition) is 3. The molecule has 0 aliphatic rings. The molecule has 0 amide bonds. The van der Waals surface area contributed by atoms with Gasteiger partial charge in [0.05, 0.1) is 5.71 Å². The summed E-state index contributed by atoms with van der Waals surface area (Å²) >= 11 is 0. The van der Waals surface area contributed by atoms with E-state index in [2.05, 4.69) is 103 Å². The van der Waals surface area contributed by atoms with Gasteiger partial charge in [-0.15, -0.1) is 5.10 Å². The van der Waals surface area contributed by atoms with Crippen molar-refractivity contribution < 1.29 is 4.79 Å². The zero-order valence-electron chi connectivity index (χ0n) is 22.7. The summed E-state index contributed by atoms with van der Waals surface area (Å²) in [5, 5.41) is 14.3. The van der Waals surface area contributed by atoms with Gasteiger partial charge in [0.15, 0.2) is 0 Å². The van der Waals surface area contributed by atoms with Crippen LogP contribution in [0, 0.1) is 0 Å². The summed E-state index contributed by atoms with van der Waals surface area (Å²) < 4.78 is 0. The first-order valence-electron chi connectivity index (χ1n) is 13.3. The van der Waals surface area contributed by atoms with Gasteiger partial charge in [0, 0.05) is 11.1 Å². The van der Waals surface area contributed by atoms with Gasteiger partial charge in [-0.3, -0.25) is 4.79 Å². The maximum Gasteiger partial charge on any atom is 0.213 e. The third kappa shape index (κ3) is 5.43. The zero-order chi connectivity index (χ0) is 27.8. The van der Waals surface area contributed by atoms with Crippen molar-refractivity contribution in [1.29, 1.82) is 0 Å². The first kappa shape index (κ1) is 27.0. The van der Waals surface area contributed by atoms with Gasteiger partial charge in [0.2, 0.25) is 5.78 Å². The fourth-order valence-corrected chi connectivity index (χ4v) is 9.42. The van der Waals surface area contributed by atoms with E-state index in [-0.39, 0.29) is 5.78 Å². The van der Waals surface area contributed by atoms with Crippen molar-refractivity contribution in [2.75, 3.05) is 0 Å². The van der Waals surface area contributed by atoms with Gasteiger partial charge in [-0.05, 0) is 41.9 Å². The number of nitrogens with zero attached hydrogens (tertiary/aromatic N) is 2. The highest BCUT2D eigenvalue weighted by atomic mass is 31.2. The van der Waals surface area contributed by atoms with E-state index in [1.165, 1.54) is 15.9 Å². The predicted molar refractivity (Wildman–Crippen MR) is 173 cm³/mol. The van der Waals surface area contributed by atoms with Crippen LogP contribution in [0.5, 0.6) is 0 Å². The molecule has 0 spiro atoms. The molecule has 5 rings (SSSR count). The normalized spacial score (nSPS) is 12.2. The molecule has 0 atom stereocenters. The molecule has 40 heavy (non-hydrogen) atoms. The standard InChI is InChI=1S/C36H31N2OP/c1-28(37-38-35(30-18-8-3-9-19-30)36(39)31-20-10-4-11-21-31)29(2)40(32-22-12-5-13-23-32,33-24-14-6-15-25-33)34-26-16-7-17-27-34/h3-27H,1-2H3/b37-28-,38-35-. The average molecular weight is 539 g/mol. The molecule has 0 bridgehead atoms. The molecule has 3 nitrogen and oxygen atoms in total. The number of carbonyl (C=O) groups excluding carboxylic acids is 1. The fraction of sp³-hybridized carbons (Fsp3) is 0.0556. The summed E-state index contributed by atoms with van der Waals surface area (Å²) in [5.41, 5.74) is 2.43. The molecule has 0 saturated heterocycles. The SMILES string of the molecule is CC(/C(C)=N\N=C(/C(=O)c1ccccc1)c1ccccc1)=P(c1ccccc1)(c1ccccc1)c1ccccc1. The van der Waals surface area contributed by atoms with Crippen LogP contribution < -0.4 is 15.9 Å². The van der Waals surface area contributed by atoms with Crippen LogP contribution >= 0.6 is 6.89 Å². The summed E-state index contributed by atoms with van der Waals surface area (Å²) in [6, 6.07) is 50.8. The molecule has 0 saturated carbocycles. The van der Waals surface area contributed by atoms with Crippen LogP contribution in [0.25, 0.3) is 0 Å². The number of hydrogen-bond donors (Lipinski definition) is 0. The number of rotatable bonds is 8. The first-order valence-corrected chi connectivity index (χ1v) is 15.1. The second kappa shape index (κ2) is 12.5. The van der Waals surface area contributed by atoms with Crippen molar-refractivity contribution in [1.82, 2.24) is 0 Å². The molecule has 0 unspecified atom stereocenters. The maximum atomic E-state index is 13.6. The quantitative estimate of drug-likeness (QED) is 0.0915. The van der Waals surface area contributed by atoms with Crippen LogP contribution in [0.15, 0.2) is 162 Å². The minimum atomic E-state index is -2.28. The lowest BCUT2D eigenvalue weighted by Gasteiger charge is -2.31. The highest BCUT2D eigenvalue weighted by Gasteiger charge is 2.29. The van der Waals surface area contributed by atoms with Crippen molar-refractivity contribution in [3.63, 3.8) is 0 Å². The van der Waals surface area contributed by atoms with E-state index in [1.54, 1.807) is 0 Å². The topological polar surface area (TPSA) is 41.8 Å². The molecule has 0 aromatic heterocycles. The Hall–Kier alpha value is -4.59. The van der Waals surface area contributed by atoms with Gasteiger partial charge in [0.1, 0.15) is 5.71 Å². The molecule has 0 aliphatic carbocycles. The molecule has 0 N–H and O–H groups in total. The van der Waals surface area contributed by atoms with Gasteiger partial charge in [-0.25, -0.2) is 0 Å². The minimum absolute atomic E-state index is 0.156. The predicted octanol–water partition coefficient (Wildman–Crippen LogP) is 6.92. The van der Waals surface area contributed by atoms with E-state index >= 15 is 0 Å². The summed E-state index contributed by atoms with van der Waals surface area (Å²) in [6.45, 7) is 1.88. The monoisotopic (exact) mass is 538 g/mol. The van der Waals surface area contributed by atoms with Crippen LogP contribution in [0.4, 0.5) is 0 Å². The van der Waals surface area contributed by atoms with Crippen molar-refractivity contribution in [2.24, 2.45) is 10.2 Å². The van der Waals surface area contributed by atoms with Crippen LogP contribution in [0.2, 0.25) is 0 Å². The maximum absolute atomic E-state index is 13.6. The molecule has 0 heterocycles. The molecule has 4 heteroatoms. The zero-order valence-corrected chi connectivity index (χ0v) is 23.6. The second-order valence-corrected chi connectivity index (χ2v) is 13.0. The molecular formula is C36H31N2OP. The second-order valence-electron chi connectivity index (χ2n) is 9.46. The van der Waals surface area contributed by atoms with Crippen molar-refractivity contribution >= 4 is 45.3 Å². The average Bonchev–Trinajstić information content (AvgIpc) is 3.04. The molecule has 5 aromatic rings. The summed E-state index contributed by atoms with van der Waals surface area (Å²) in [6.07, 6.45) is 0. The Morgan fingerprint density at radius 3 is 1.23 bits per heavy atom. The lowest BCUT2D eigenvalue weighted by atomic mass is 10.0. The van der Waals surface area contributed by atoms with Crippen molar-refractivity contribution in [3.8, 4) is 0 Å². The Balaban J connectivity index is 1.78. The highest BCUT2D eigenvalue weighted by molar-refractivity contribution is 7.96. The number of Topliss-reactive ketones (excluding diaryl/α,β-unsaturated/α-hetero) is 1. The number of carbonyl (C=O) groups is 1. The molecular weight excluding hydrogens is 507 g/mol. The Bertz CT molecular complexity index is 1590. The smallest absolute Gasteiger partial charge is 0.213 e. The molecule has 196 valence electrons. The molecule has 0 radical (unpaired) electrons. The number of benzene rings is 5. The summed E-state index contributed by atoms with van der Waals surface area (Å²) in [7, 11) is 0. The van der Waals surface area contributed by atoms with Crippen LogP contribution in [0.3, 0.4) is 0 Å². The van der Waals surface area contributed by atoms with Gasteiger partial charge < -0.3 is 0 Å². The fourth-order valence-electron chi connectivity index (χ4n) is 4.98. The van der Waals surface area contributed by atoms with Crippen LogP contribution in [0.1, 0.15) is 29.8 Å². The largest absolute Gasteiger partial charge is 0.287 e. The van der Waals surface area contributed by atoms with Crippen LogP contribution in [-0.4, -0.2) is 22.5 Å². The van der Waals surface area contributed by atoms with Gasteiger partial charge in [-0.2, -0.15) is 5.10 Å².